The van der Waals surface area contributed by atoms with Gasteiger partial charge in [0.15, 0.2) is 11.6 Å². The quantitative estimate of drug-likeness (QED) is 0.0251. The number of Topliss-reactive ketones (excluding diaryl/α,β-unsaturated/α-hetero) is 2. The Morgan fingerprint density at radius 3 is 1.10 bits per heavy atom. The molecular formula is C90H85F12N7O16. The zero-order valence-electron chi connectivity index (χ0n) is 68.7. The van der Waals surface area contributed by atoms with Crippen LogP contribution in [0.3, 0.4) is 0 Å². The summed E-state index contributed by atoms with van der Waals surface area (Å²) in [6.45, 7) is 19.6. The molecule has 0 amide bonds. The van der Waals surface area contributed by atoms with Gasteiger partial charge in [-0.05, 0) is 172 Å². The summed E-state index contributed by atoms with van der Waals surface area (Å²) < 4.78 is 206. The van der Waals surface area contributed by atoms with E-state index >= 15 is 0 Å². The van der Waals surface area contributed by atoms with Crippen molar-refractivity contribution in [3.8, 4) is 29.1 Å². The first kappa shape index (κ1) is 97.9. The fraction of sp³-hybridized carbons (Fsp3) is 0.256. The van der Waals surface area contributed by atoms with Gasteiger partial charge in [-0.3, -0.25) is 24.5 Å². The fourth-order valence-corrected chi connectivity index (χ4v) is 11.6. The number of aromatic amines is 2. The number of nitrogens with zero attached hydrogens (tertiary/aromatic N) is 5. The number of benzene rings is 8. The standard InChI is InChI=1S/C22H20F3NO4.C22H22F3NO3.C21H20F3NO4.C17H12F3NO2.C5H4N2O3.C2H3N.CH4/c1-12(27)18-8-14-7-16(24)10-19(20(14)26(18)21(28)30-22(2,3)4)29-11-13-5-6-15(23)9-17(13)25;1-5-17-9-14-8-16(24)11-19(20(14)26(17)21(27)29-22(2,3)4)28-12-13-6-7-15(23)10-18(13)25;1-21(2,3)29-20(27)25-16(10-26)7-13-6-15(23)9-18(19(13)25)28-11-12-4-5-14(22)8-17(12)24;1-9(22)15-5-11-4-13(19)7-16(17(11)21-15)23-8-10-2-3-12(18)6-14(10)20;8-5-4(7(9)10)2-1-3-6-5;1-2-3;/h5-10H,11H2,1-4H3;6-11H,5,12H2,1-4H3;4-9,26H,10-11H2,1-3H3;2-7,21H,8H2,1H3;1-3H,(H,6,8);1H3;1H4. The number of nitrogens with one attached hydrogen (secondary N) is 2. The number of aryl methyl sites for hydroxylation is 1. The van der Waals surface area contributed by atoms with Crippen molar-refractivity contribution in [1.82, 2.24) is 23.7 Å². The monoisotopic (exact) mass is 1750 g/mol. The smallest absolute Gasteiger partial charge is 0.419 e. The molecule has 0 saturated heterocycles. The molecule has 660 valence electrons. The highest BCUT2D eigenvalue weighted by Gasteiger charge is 2.30. The summed E-state index contributed by atoms with van der Waals surface area (Å²) in [6, 6.07) is 31.8. The summed E-state index contributed by atoms with van der Waals surface area (Å²) in [5.74, 6) is -8.98. The van der Waals surface area contributed by atoms with E-state index in [-0.39, 0.29) is 113 Å². The molecule has 0 bridgehead atoms. The number of nitro groups is 1. The molecule has 0 fully saturated rings. The van der Waals surface area contributed by atoms with Gasteiger partial charge in [-0.25, -0.2) is 80.8 Å². The van der Waals surface area contributed by atoms with Gasteiger partial charge in [0.2, 0.25) is 0 Å². The van der Waals surface area contributed by atoms with Crippen molar-refractivity contribution in [2.45, 2.75) is 154 Å². The van der Waals surface area contributed by atoms with E-state index in [0.29, 0.717) is 57.1 Å². The number of hydrogen-bond donors (Lipinski definition) is 3. The van der Waals surface area contributed by atoms with Crippen LogP contribution in [0.4, 0.5) is 72.8 Å². The Hall–Kier alpha value is -14.2. The predicted octanol–water partition coefficient (Wildman–Crippen LogP) is 22.3. The van der Waals surface area contributed by atoms with Crippen LogP contribution in [0.1, 0.15) is 152 Å². The van der Waals surface area contributed by atoms with Gasteiger partial charge in [0.05, 0.1) is 40.2 Å². The Morgan fingerprint density at radius 2 is 0.784 bits per heavy atom. The Balaban J connectivity index is 0.000000218. The van der Waals surface area contributed by atoms with E-state index < -0.39 is 133 Å². The lowest BCUT2D eigenvalue weighted by Gasteiger charge is -2.21. The molecule has 3 N–H and O–H groups in total. The zero-order valence-corrected chi connectivity index (χ0v) is 68.7. The van der Waals surface area contributed by atoms with Crippen LogP contribution in [0.5, 0.6) is 23.0 Å². The third kappa shape index (κ3) is 26.4. The summed E-state index contributed by atoms with van der Waals surface area (Å²) in [6.07, 6.45) is -0.390. The van der Waals surface area contributed by atoms with E-state index in [9.17, 15) is 96.7 Å². The van der Waals surface area contributed by atoms with Crippen LogP contribution in [0.25, 0.3) is 43.6 Å². The molecule has 13 aromatic rings. The lowest BCUT2D eigenvalue weighted by atomic mass is 10.2. The summed E-state index contributed by atoms with van der Waals surface area (Å²) in [5.41, 5.74) is -0.967. The molecule has 0 atom stereocenters. The number of ether oxygens (including phenoxy) is 7. The van der Waals surface area contributed by atoms with Crippen molar-refractivity contribution in [3.63, 3.8) is 0 Å². The highest BCUT2D eigenvalue weighted by molar-refractivity contribution is 6.05. The molecule has 0 radical (unpaired) electrons. The van der Waals surface area contributed by atoms with Gasteiger partial charge in [-0.15, -0.1) is 0 Å². The number of halogens is 12. The van der Waals surface area contributed by atoms with Crippen LogP contribution < -0.4 is 24.5 Å². The van der Waals surface area contributed by atoms with Crippen LogP contribution in [0.2, 0.25) is 0 Å². The fourth-order valence-electron chi connectivity index (χ4n) is 11.6. The van der Waals surface area contributed by atoms with E-state index in [1.165, 1.54) is 98.3 Å². The number of aromatic nitrogens is 5. The first-order chi connectivity index (χ1) is 58.2. The normalized spacial score (nSPS) is 11.0. The van der Waals surface area contributed by atoms with Gasteiger partial charge in [-0.2, -0.15) is 5.26 Å². The molecule has 35 heteroatoms. The van der Waals surface area contributed by atoms with Gasteiger partial charge < -0.3 is 48.2 Å². The van der Waals surface area contributed by atoms with Gasteiger partial charge in [-0.1, -0.05) is 14.4 Å². The average molecular weight is 1750 g/mol. The van der Waals surface area contributed by atoms with Crippen molar-refractivity contribution < 1.29 is 120 Å². The maximum absolute atomic E-state index is 14.2. The molecule has 23 nitrogen and oxygen atoms in total. The van der Waals surface area contributed by atoms with E-state index in [1.807, 2.05) is 6.92 Å². The predicted molar refractivity (Wildman–Crippen MR) is 439 cm³/mol. The number of pyridine rings is 1. The number of fused-ring (bicyclic) bond motifs is 4. The van der Waals surface area contributed by atoms with E-state index in [2.05, 4.69) is 9.97 Å². The first-order valence-corrected chi connectivity index (χ1v) is 37.3. The average Bonchev–Trinajstić information content (AvgIpc) is 1.67. The van der Waals surface area contributed by atoms with Gasteiger partial charge in [0, 0.05) is 131 Å². The summed E-state index contributed by atoms with van der Waals surface area (Å²) in [5, 5.41) is 28.4. The molecule has 0 aliphatic carbocycles. The van der Waals surface area contributed by atoms with Gasteiger partial charge >= 0.3 is 29.5 Å². The molecule has 5 heterocycles. The number of carbonyl (C=O) groups excluding carboxylic acids is 5. The Bertz CT molecular complexity index is 6100. The summed E-state index contributed by atoms with van der Waals surface area (Å²) >= 11 is 0. The lowest BCUT2D eigenvalue weighted by molar-refractivity contribution is -0.386. The molecule has 0 saturated carbocycles. The second-order valence-electron chi connectivity index (χ2n) is 29.9. The highest BCUT2D eigenvalue weighted by atomic mass is 19.2. The number of carbonyl (C=O) groups is 5. The Kier molecular flexibility index (Phi) is 33.0. The third-order valence-electron chi connectivity index (χ3n) is 16.9. The lowest BCUT2D eigenvalue weighted by Crippen LogP contribution is -2.28. The first-order valence-electron chi connectivity index (χ1n) is 37.3. The minimum Gasteiger partial charge on any atom is -0.486 e. The highest BCUT2D eigenvalue weighted by Crippen LogP contribution is 2.37. The van der Waals surface area contributed by atoms with E-state index in [0.717, 1.165) is 81.9 Å². The second kappa shape index (κ2) is 42.1. The number of aliphatic hydroxyl groups is 1. The number of H-pyrrole nitrogens is 2. The van der Waals surface area contributed by atoms with Crippen LogP contribution in [0.15, 0.2) is 169 Å². The number of rotatable bonds is 17. The third-order valence-corrected chi connectivity index (χ3v) is 16.9. The molecule has 0 aliphatic heterocycles. The number of aliphatic hydroxyl groups excluding tert-OH is 1. The van der Waals surface area contributed by atoms with Gasteiger partial charge in [0.25, 0.3) is 0 Å². The molecule has 13 rings (SSSR count). The molecule has 0 unspecified atom stereocenters. The van der Waals surface area contributed by atoms with Crippen molar-refractivity contribution >= 4 is 79.1 Å². The van der Waals surface area contributed by atoms with Gasteiger partial charge in [0.1, 0.15) is 153 Å². The number of ketones is 2. The maximum atomic E-state index is 14.2. The van der Waals surface area contributed by atoms with Crippen molar-refractivity contribution in [1.29, 1.82) is 5.26 Å². The molecular weight excluding hydrogens is 1660 g/mol. The van der Waals surface area contributed by atoms with Crippen LogP contribution in [-0.2, 0) is 53.7 Å². The molecule has 5 aromatic heterocycles. The van der Waals surface area contributed by atoms with E-state index in [1.54, 1.807) is 74.4 Å². The minimum atomic E-state index is -0.847. The Morgan fingerprint density at radius 1 is 0.456 bits per heavy atom. The summed E-state index contributed by atoms with van der Waals surface area (Å²) in [4.78, 5) is 86.7. The minimum absolute atomic E-state index is 0. The largest absolute Gasteiger partial charge is 0.486 e. The zero-order chi connectivity index (χ0) is 91.7. The van der Waals surface area contributed by atoms with Crippen molar-refractivity contribution in [3.05, 3.63) is 299 Å². The number of hydrogen-bond acceptors (Lipinski definition) is 17. The van der Waals surface area contributed by atoms with Crippen LogP contribution in [0, 0.1) is 91.3 Å². The van der Waals surface area contributed by atoms with Crippen molar-refractivity contribution in [2.24, 2.45) is 0 Å². The van der Waals surface area contributed by atoms with Crippen LogP contribution in [-0.4, -0.2) is 80.3 Å². The molecule has 125 heavy (non-hydrogen) atoms. The summed E-state index contributed by atoms with van der Waals surface area (Å²) in [7, 11) is 0. The second-order valence-corrected chi connectivity index (χ2v) is 29.9. The van der Waals surface area contributed by atoms with E-state index in [4.69, 9.17) is 38.4 Å². The molecule has 0 aliphatic rings. The molecule has 8 aromatic carbocycles. The Labute approximate surface area is 707 Å². The molecule has 0 spiro atoms. The SMILES string of the molecule is C.CC#N.CC(=O)c1cc2cc(F)cc(OCc3ccc(F)cc3F)c2[nH]1.CC(=O)c1cc2cc(F)cc(OCc3ccc(F)cc3F)c2n1C(=O)OC(C)(C)C.CC(C)(C)OC(=O)n1c(CO)cc2cc(F)cc(OCc3ccc(F)cc3F)c21.CCc1cc2cc(F)cc(OCc3ccc(F)cc3F)c2n1C(=O)OC(C)(C)C.O=c1[nH]cccc1[N+](=O)[O-]. The van der Waals surface area contributed by atoms with Crippen molar-refractivity contribution in [2.75, 3.05) is 0 Å². The topological polar surface area (TPSA) is 301 Å². The number of nitriles is 1. The maximum Gasteiger partial charge on any atom is 0.419 e. The van der Waals surface area contributed by atoms with Crippen LogP contribution >= 0.6 is 0 Å².